The van der Waals surface area contributed by atoms with Gasteiger partial charge >= 0.3 is 0 Å². The van der Waals surface area contributed by atoms with Gasteiger partial charge in [-0.25, -0.2) is 0 Å². The van der Waals surface area contributed by atoms with Crippen LogP contribution in [0.15, 0.2) is 42.7 Å². The molecule has 0 unspecified atom stereocenters. The lowest BCUT2D eigenvalue weighted by Gasteiger charge is -2.09. The first-order valence-corrected chi connectivity index (χ1v) is 5.13. The normalized spacial score (nSPS) is 10.1. The van der Waals surface area contributed by atoms with Crippen LogP contribution in [-0.4, -0.2) is 4.98 Å². The van der Waals surface area contributed by atoms with Gasteiger partial charge in [-0.05, 0) is 42.3 Å². The molecule has 0 aliphatic carbocycles. The number of ether oxygens (including phenoxy) is 1. The molecule has 0 aliphatic heterocycles. The molecule has 0 fully saturated rings. The summed E-state index contributed by atoms with van der Waals surface area (Å²) in [5.74, 6) is 0.724. The van der Waals surface area contributed by atoms with Crippen molar-refractivity contribution in [3.8, 4) is 5.75 Å². The van der Waals surface area contributed by atoms with Crippen LogP contribution in [0.4, 0.5) is 5.69 Å². The van der Waals surface area contributed by atoms with Gasteiger partial charge in [0.2, 0.25) is 0 Å². The molecule has 0 saturated heterocycles. The van der Waals surface area contributed by atoms with Crippen LogP contribution >= 0.6 is 0 Å². The Morgan fingerprint density at radius 2 is 1.94 bits per heavy atom. The third-order valence-electron chi connectivity index (χ3n) is 2.31. The Balaban J connectivity index is 2.05. The van der Waals surface area contributed by atoms with Crippen LogP contribution in [-0.2, 0) is 6.61 Å². The fraction of sp³-hybridized carbons (Fsp3) is 0.154. The molecule has 82 valence electrons. The van der Waals surface area contributed by atoms with Crippen molar-refractivity contribution in [1.29, 1.82) is 0 Å². The number of benzene rings is 1. The summed E-state index contributed by atoms with van der Waals surface area (Å²) in [6, 6.07) is 9.63. The van der Waals surface area contributed by atoms with Gasteiger partial charge < -0.3 is 10.5 Å². The van der Waals surface area contributed by atoms with Gasteiger partial charge in [-0.3, -0.25) is 4.98 Å². The molecule has 1 aromatic carbocycles. The monoisotopic (exact) mass is 214 g/mol. The maximum Gasteiger partial charge on any atom is 0.142 e. The number of aryl methyl sites for hydroxylation is 1. The van der Waals surface area contributed by atoms with Gasteiger partial charge in [0.05, 0.1) is 5.69 Å². The van der Waals surface area contributed by atoms with E-state index in [4.69, 9.17) is 10.5 Å². The molecule has 3 nitrogen and oxygen atoms in total. The lowest BCUT2D eigenvalue weighted by molar-refractivity contribution is 0.308. The Bertz CT molecular complexity index is 469. The predicted octanol–water partition coefficient (Wildman–Crippen LogP) is 2.55. The minimum Gasteiger partial charge on any atom is -0.487 e. The van der Waals surface area contributed by atoms with Crippen LogP contribution in [0.3, 0.4) is 0 Å². The Morgan fingerprint density at radius 3 is 2.62 bits per heavy atom. The zero-order valence-electron chi connectivity index (χ0n) is 9.18. The first-order valence-electron chi connectivity index (χ1n) is 5.13. The summed E-state index contributed by atoms with van der Waals surface area (Å²) in [4.78, 5) is 3.95. The maximum absolute atomic E-state index is 5.85. The predicted molar refractivity (Wildman–Crippen MR) is 64.2 cm³/mol. The van der Waals surface area contributed by atoms with E-state index in [1.165, 1.54) is 0 Å². The lowest BCUT2D eigenvalue weighted by Crippen LogP contribution is -1.99. The highest BCUT2D eigenvalue weighted by Gasteiger charge is 2.00. The topological polar surface area (TPSA) is 48.1 Å². The van der Waals surface area contributed by atoms with E-state index in [1.807, 2.05) is 37.3 Å². The standard InChI is InChI=1S/C13H14N2O/c1-10-2-3-13(12(14)8-10)16-9-11-4-6-15-7-5-11/h2-8H,9,14H2,1H3. The number of rotatable bonds is 3. The van der Waals surface area contributed by atoms with Gasteiger partial charge in [0.1, 0.15) is 12.4 Å². The summed E-state index contributed by atoms with van der Waals surface area (Å²) < 4.78 is 5.63. The van der Waals surface area contributed by atoms with E-state index in [0.717, 1.165) is 16.9 Å². The van der Waals surface area contributed by atoms with Crippen molar-refractivity contribution in [2.24, 2.45) is 0 Å². The van der Waals surface area contributed by atoms with Gasteiger partial charge in [-0.2, -0.15) is 0 Å². The number of nitrogens with two attached hydrogens (primary N) is 1. The summed E-state index contributed by atoms with van der Waals surface area (Å²) >= 11 is 0. The number of anilines is 1. The molecular formula is C13H14N2O. The summed E-state index contributed by atoms with van der Waals surface area (Å²) in [6.07, 6.45) is 3.49. The first kappa shape index (κ1) is 10.5. The highest BCUT2D eigenvalue weighted by molar-refractivity contribution is 5.54. The highest BCUT2D eigenvalue weighted by Crippen LogP contribution is 2.22. The van der Waals surface area contributed by atoms with E-state index < -0.39 is 0 Å². The van der Waals surface area contributed by atoms with Gasteiger partial charge in [0.15, 0.2) is 0 Å². The van der Waals surface area contributed by atoms with Gasteiger partial charge in [0.25, 0.3) is 0 Å². The molecule has 0 radical (unpaired) electrons. The average Bonchev–Trinajstić information content (AvgIpc) is 2.29. The summed E-state index contributed by atoms with van der Waals surface area (Å²) in [6.45, 7) is 2.51. The molecular weight excluding hydrogens is 200 g/mol. The molecule has 1 aromatic heterocycles. The van der Waals surface area contributed by atoms with Crippen LogP contribution in [0.5, 0.6) is 5.75 Å². The number of nitrogen functional groups attached to an aromatic ring is 1. The number of nitrogens with zero attached hydrogens (tertiary/aromatic N) is 1. The SMILES string of the molecule is Cc1ccc(OCc2ccncc2)c(N)c1. The second-order valence-corrected chi connectivity index (χ2v) is 3.69. The second-order valence-electron chi connectivity index (χ2n) is 3.69. The largest absolute Gasteiger partial charge is 0.487 e. The molecule has 3 heteroatoms. The summed E-state index contributed by atoms with van der Waals surface area (Å²) in [7, 11) is 0. The molecule has 0 atom stereocenters. The quantitative estimate of drug-likeness (QED) is 0.799. The van der Waals surface area contributed by atoms with Crippen LogP contribution in [0, 0.1) is 6.92 Å². The Morgan fingerprint density at radius 1 is 1.19 bits per heavy atom. The number of aromatic nitrogens is 1. The third-order valence-corrected chi connectivity index (χ3v) is 2.31. The first-order chi connectivity index (χ1) is 7.75. The minimum absolute atomic E-state index is 0.510. The van der Waals surface area contributed by atoms with Crippen molar-refractivity contribution in [1.82, 2.24) is 4.98 Å². The van der Waals surface area contributed by atoms with Crippen LogP contribution < -0.4 is 10.5 Å². The van der Waals surface area contributed by atoms with E-state index in [-0.39, 0.29) is 0 Å². The van der Waals surface area contributed by atoms with Crippen molar-refractivity contribution in [2.75, 3.05) is 5.73 Å². The van der Waals surface area contributed by atoms with Crippen LogP contribution in [0.1, 0.15) is 11.1 Å². The van der Waals surface area contributed by atoms with Crippen molar-refractivity contribution >= 4 is 5.69 Å². The van der Waals surface area contributed by atoms with Crippen molar-refractivity contribution < 1.29 is 4.74 Å². The zero-order chi connectivity index (χ0) is 11.4. The van der Waals surface area contributed by atoms with Gasteiger partial charge in [-0.1, -0.05) is 6.07 Å². The molecule has 0 aliphatic rings. The molecule has 1 heterocycles. The van der Waals surface area contributed by atoms with Crippen LogP contribution in [0.2, 0.25) is 0 Å². The molecule has 2 rings (SSSR count). The summed E-state index contributed by atoms with van der Waals surface area (Å²) in [5, 5.41) is 0. The number of hydrogen-bond acceptors (Lipinski definition) is 3. The Hall–Kier alpha value is -2.03. The van der Waals surface area contributed by atoms with Gasteiger partial charge in [0, 0.05) is 12.4 Å². The maximum atomic E-state index is 5.85. The summed E-state index contributed by atoms with van der Waals surface area (Å²) in [5.41, 5.74) is 8.74. The molecule has 2 N–H and O–H groups in total. The molecule has 0 saturated carbocycles. The fourth-order valence-electron chi connectivity index (χ4n) is 1.44. The molecule has 16 heavy (non-hydrogen) atoms. The van der Waals surface area contributed by atoms with Gasteiger partial charge in [-0.15, -0.1) is 0 Å². The second kappa shape index (κ2) is 4.66. The Labute approximate surface area is 94.9 Å². The average molecular weight is 214 g/mol. The van der Waals surface area contributed by atoms with E-state index >= 15 is 0 Å². The molecule has 0 bridgehead atoms. The molecule has 0 spiro atoms. The number of hydrogen-bond donors (Lipinski definition) is 1. The van der Waals surface area contributed by atoms with Crippen LogP contribution in [0.25, 0.3) is 0 Å². The van der Waals surface area contributed by atoms with E-state index in [9.17, 15) is 0 Å². The van der Waals surface area contributed by atoms with E-state index in [0.29, 0.717) is 12.3 Å². The Kier molecular flexibility index (Phi) is 3.05. The van der Waals surface area contributed by atoms with Crippen molar-refractivity contribution in [3.63, 3.8) is 0 Å². The zero-order valence-corrected chi connectivity index (χ0v) is 9.18. The van der Waals surface area contributed by atoms with E-state index in [1.54, 1.807) is 12.4 Å². The minimum atomic E-state index is 0.510. The van der Waals surface area contributed by atoms with Crippen molar-refractivity contribution in [2.45, 2.75) is 13.5 Å². The highest BCUT2D eigenvalue weighted by atomic mass is 16.5. The molecule has 2 aromatic rings. The van der Waals surface area contributed by atoms with Crippen molar-refractivity contribution in [3.05, 3.63) is 53.9 Å². The fourth-order valence-corrected chi connectivity index (χ4v) is 1.44. The molecule has 0 amide bonds. The number of pyridine rings is 1. The smallest absolute Gasteiger partial charge is 0.142 e. The lowest BCUT2D eigenvalue weighted by atomic mass is 10.2. The third kappa shape index (κ3) is 2.51. The van der Waals surface area contributed by atoms with E-state index in [2.05, 4.69) is 4.98 Å².